The average molecular weight is 563 g/mol. The van der Waals surface area contributed by atoms with Gasteiger partial charge in [0.25, 0.3) is 0 Å². The number of benzene rings is 1. The molecule has 1 aromatic heterocycles. The van der Waals surface area contributed by atoms with Gasteiger partial charge >= 0.3 is 6.18 Å². The monoisotopic (exact) mass is 563 g/mol. The highest BCUT2D eigenvalue weighted by Crippen LogP contribution is 2.18. The number of hydrogen-bond donors (Lipinski definition) is 2. The van der Waals surface area contributed by atoms with E-state index < -0.39 is 12.8 Å². The van der Waals surface area contributed by atoms with Crippen LogP contribution in [0.15, 0.2) is 47.6 Å². The summed E-state index contributed by atoms with van der Waals surface area (Å²) in [5.74, 6) is 1.68. The lowest BCUT2D eigenvalue weighted by atomic mass is 10.1. The predicted octanol–water partition coefficient (Wildman–Crippen LogP) is 4.24. The number of ether oxygens (including phenoxy) is 1. The van der Waals surface area contributed by atoms with Crippen LogP contribution in [0.1, 0.15) is 29.5 Å². The van der Waals surface area contributed by atoms with E-state index in [-0.39, 0.29) is 30.6 Å². The van der Waals surface area contributed by atoms with Gasteiger partial charge in [0.05, 0.1) is 6.61 Å². The number of pyridine rings is 1. The number of guanidine groups is 1. The molecule has 2 N–H and O–H groups in total. The second-order valence-electron chi connectivity index (χ2n) is 7.42. The largest absolute Gasteiger partial charge is 0.411 e. The first-order valence-corrected chi connectivity index (χ1v) is 10.3. The molecule has 0 atom stereocenters. The number of nitrogens with zero attached hydrogens (tertiary/aromatic N) is 3. The topological polar surface area (TPSA) is 61.8 Å². The number of aliphatic imine (C=N–C) groups is 1. The van der Waals surface area contributed by atoms with E-state index in [1.165, 1.54) is 12.8 Å². The molecule has 1 saturated heterocycles. The molecule has 0 saturated carbocycles. The Morgan fingerprint density at radius 1 is 1.00 bits per heavy atom. The summed E-state index contributed by atoms with van der Waals surface area (Å²) >= 11 is 0. The second-order valence-corrected chi connectivity index (χ2v) is 7.42. The van der Waals surface area contributed by atoms with Gasteiger partial charge in [-0.1, -0.05) is 30.3 Å². The number of anilines is 1. The third kappa shape index (κ3) is 8.81. The Kier molecular flexibility index (Phi) is 10.5. The fourth-order valence-electron chi connectivity index (χ4n) is 3.28. The van der Waals surface area contributed by atoms with Crippen LogP contribution in [-0.2, 0) is 24.4 Å². The van der Waals surface area contributed by atoms with Crippen molar-refractivity contribution in [3.05, 3.63) is 59.3 Å². The summed E-state index contributed by atoms with van der Waals surface area (Å²) in [6, 6.07) is 11.4. The lowest BCUT2D eigenvalue weighted by Gasteiger charge is -2.16. The molecule has 1 aliphatic heterocycles. The molecule has 0 bridgehead atoms. The maximum absolute atomic E-state index is 12.1. The van der Waals surface area contributed by atoms with Gasteiger partial charge in [-0.25, -0.2) is 4.98 Å². The molecule has 1 aliphatic rings. The Labute approximate surface area is 203 Å². The number of aromatic nitrogens is 1. The van der Waals surface area contributed by atoms with Crippen molar-refractivity contribution in [2.75, 3.05) is 31.6 Å². The third-order valence-electron chi connectivity index (χ3n) is 4.94. The van der Waals surface area contributed by atoms with E-state index in [1.807, 2.05) is 18.3 Å². The molecule has 2 heterocycles. The van der Waals surface area contributed by atoms with Crippen molar-refractivity contribution in [1.29, 1.82) is 0 Å². The average Bonchev–Trinajstić information content (AvgIpc) is 3.29. The van der Waals surface area contributed by atoms with Crippen LogP contribution in [0.25, 0.3) is 0 Å². The predicted molar refractivity (Wildman–Crippen MR) is 130 cm³/mol. The van der Waals surface area contributed by atoms with E-state index in [9.17, 15) is 13.2 Å². The summed E-state index contributed by atoms with van der Waals surface area (Å²) in [5, 5.41) is 6.48. The fraction of sp³-hybridized carbons (Fsp3) is 0.455. The zero-order chi connectivity index (χ0) is 22.1. The van der Waals surface area contributed by atoms with Crippen LogP contribution in [0, 0.1) is 0 Å². The van der Waals surface area contributed by atoms with Crippen LogP contribution >= 0.6 is 24.0 Å². The van der Waals surface area contributed by atoms with Crippen molar-refractivity contribution in [1.82, 2.24) is 15.6 Å². The van der Waals surface area contributed by atoms with Crippen LogP contribution in [-0.4, -0.2) is 43.9 Å². The first kappa shape index (κ1) is 26.2. The summed E-state index contributed by atoms with van der Waals surface area (Å²) in [6.07, 6.45) is 0.0232. The molecule has 0 aliphatic carbocycles. The highest BCUT2D eigenvalue weighted by molar-refractivity contribution is 14.0. The Morgan fingerprint density at radius 2 is 1.59 bits per heavy atom. The number of hydrogen-bond acceptors (Lipinski definition) is 4. The minimum Gasteiger partial charge on any atom is -0.367 e. The number of rotatable bonds is 8. The molecule has 2 aromatic rings. The summed E-state index contributed by atoms with van der Waals surface area (Å²) in [5.41, 5.74) is 2.74. The van der Waals surface area contributed by atoms with Gasteiger partial charge in [-0.05, 0) is 35.6 Å². The SMILES string of the molecule is CN=C(NCc1ccc(COCC(F)(F)F)cc1)NCc1ccc(N2CCCC2)nc1.I. The summed E-state index contributed by atoms with van der Waals surface area (Å²) in [7, 11) is 1.70. The molecule has 1 fully saturated rings. The molecule has 176 valence electrons. The first-order chi connectivity index (χ1) is 14.9. The van der Waals surface area contributed by atoms with E-state index >= 15 is 0 Å². The lowest BCUT2D eigenvalue weighted by molar-refractivity contribution is -0.176. The molecule has 0 unspecified atom stereocenters. The Hall–Kier alpha value is -2.08. The molecule has 10 heteroatoms. The maximum atomic E-state index is 12.1. The quantitative estimate of drug-likeness (QED) is 0.286. The minimum atomic E-state index is -4.31. The van der Waals surface area contributed by atoms with Gasteiger partial charge < -0.3 is 20.3 Å². The van der Waals surface area contributed by atoms with Crippen LogP contribution < -0.4 is 15.5 Å². The Bertz CT molecular complexity index is 838. The minimum absolute atomic E-state index is 0. The van der Waals surface area contributed by atoms with E-state index in [0.29, 0.717) is 24.6 Å². The molecule has 3 rings (SSSR count). The van der Waals surface area contributed by atoms with Crippen LogP contribution in [0.5, 0.6) is 0 Å². The maximum Gasteiger partial charge on any atom is 0.411 e. The van der Waals surface area contributed by atoms with Gasteiger partial charge in [-0.2, -0.15) is 13.2 Å². The van der Waals surface area contributed by atoms with Gasteiger partial charge in [0.2, 0.25) is 0 Å². The van der Waals surface area contributed by atoms with Gasteiger partial charge in [-0.3, -0.25) is 4.99 Å². The van der Waals surface area contributed by atoms with E-state index in [1.54, 1.807) is 19.2 Å². The Balaban J connectivity index is 0.00000363. The molecule has 1 aromatic carbocycles. The summed E-state index contributed by atoms with van der Waals surface area (Å²) in [6.45, 7) is 1.97. The van der Waals surface area contributed by atoms with Gasteiger partial charge in [-0.15, -0.1) is 24.0 Å². The highest BCUT2D eigenvalue weighted by Gasteiger charge is 2.27. The van der Waals surface area contributed by atoms with E-state index in [2.05, 4.69) is 42.4 Å². The normalized spacial score (nSPS) is 14.2. The summed E-state index contributed by atoms with van der Waals surface area (Å²) < 4.78 is 41.1. The molecule has 0 spiro atoms. The highest BCUT2D eigenvalue weighted by atomic mass is 127. The van der Waals surface area contributed by atoms with E-state index in [0.717, 1.165) is 30.0 Å². The summed E-state index contributed by atoms with van der Waals surface area (Å²) in [4.78, 5) is 11.1. The van der Waals surface area contributed by atoms with Gasteiger partial charge in [0.1, 0.15) is 12.4 Å². The fourth-order valence-corrected chi connectivity index (χ4v) is 3.28. The molecular weight excluding hydrogens is 534 g/mol. The van der Waals surface area contributed by atoms with Crippen molar-refractivity contribution >= 4 is 35.8 Å². The smallest absolute Gasteiger partial charge is 0.367 e. The molecule has 0 amide bonds. The second kappa shape index (κ2) is 12.8. The first-order valence-electron chi connectivity index (χ1n) is 10.3. The van der Waals surface area contributed by atoms with Crippen LogP contribution in [0.2, 0.25) is 0 Å². The van der Waals surface area contributed by atoms with Gasteiger partial charge in [0.15, 0.2) is 5.96 Å². The third-order valence-corrected chi connectivity index (χ3v) is 4.94. The van der Waals surface area contributed by atoms with Crippen LogP contribution in [0.3, 0.4) is 0 Å². The van der Waals surface area contributed by atoms with Crippen molar-refractivity contribution in [2.24, 2.45) is 4.99 Å². The zero-order valence-electron chi connectivity index (χ0n) is 18.0. The van der Waals surface area contributed by atoms with Crippen molar-refractivity contribution in [3.8, 4) is 0 Å². The molecule has 32 heavy (non-hydrogen) atoms. The molecule has 6 nitrogen and oxygen atoms in total. The van der Waals surface area contributed by atoms with Crippen LogP contribution in [0.4, 0.5) is 19.0 Å². The Morgan fingerprint density at radius 3 is 2.16 bits per heavy atom. The van der Waals surface area contributed by atoms with E-state index in [4.69, 9.17) is 0 Å². The number of nitrogens with one attached hydrogen (secondary N) is 2. The van der Waals surface area contributed by atoms with Crippen molar-refractivity contribution < 1.29 is 17.9 Å². The van der Waals surface area contributed by atoms with Crippen molar-refractivity contribution in [2.45, 2.75) is 38.7 Å². The van der Waals surface area contributed by atoms with Gasteiger partial charge in [0, 0.05) is 39.4 Å². The van der Waals surface area contributed by atoms with Crippen molar-refractivity contribution in [3.63, 3.8) is 0 Å². The molecule has 0 radical (unpaired) electrons. The standard InChI is InChI=1S/C22H28F3N5O.HI/c1-26-21(29-14-19-8-9-20(27-13-19)30-10-2-3-11-30)28-12-17-4-6-18(7-5-17)15-31-16-22(23,24)25;/h4-9,13H,2-3,10-12,14-16H2,1H3,(H2,26,28,29);1H. The molecular formula is C22H29F3IN5O. The zero-order valence-corrected chi connectivity index (χ0v) is 20.3. The lowest BCUT2D eigenvalue weighted by Crippen LogP contribution is -2.36. The number of alkyl halides is 3. The number of halogens is 4.